The Morgan fingerprint density at radius 2 is 2.15 bits per heavy atom. The molecule has 0 spiro atoms. The first kappa shape index (κ1) is 14.5. The fourth-order valence-corrected chi connectivity index (χ4v) is 4.23. The first-order valence-corrected chi connectivity index (χ1v) is 8.25. The van der Waals surface area contributed by atoms with Crippen molar-refractivity contribution in [2.24, 2.45) is 0 Å². The molecular weight excluding hydrogens is 318 g/mol. The molecule has 20 heavy (non-hydrogen) atoms. The molecule has 2 rings (SSSR count). The number of aromatic nitrogens is 1. The first-order chi connectivity index (χ1) is 9.55. The van der Waals surface area contributed by atoms with Crippen LogP contribution in [0.2, 0.25) is 0 Å². The summed E-state index contributed by atoms with van der Waals surface area (Å²) in [5.41, 5.74) is 0. The molecule has 9 heteroatoms. The van der Waals surface area contributed by atoms with Crippen molar-refractivity contribution in [1.29, 1.82) is 5.26 Å². The van der Waals surface area contributed by atoms with Gasteiger partial charge in [-0.1, -0.05) is 23.2 Å². The van der Waals surface area contributed by atoms with E-state index in [0.29, 0.717) is 9.75 Å². The van der Waals surface area contributed by atoms with Crippen molar-refractivity contribution in [2.45, 2.75) is 4.21 Å². The standard InChI is InChI=1S/C11H7N3O3S3/c12-6-8-3-4-10(18-8)20(16,17)14-11-13-7-9(19-11)2-1-5-15/h3-4,7,15H,5H2,(H,13,14). The number of hydrogen-bond acceptors (Lipinski definition) is 7. The Bertz CT molecular complexity index is 818. The Hall–Kier alpha value is -1.91. The second-order valence-corrected chi connectivity index (χ2v) is 7.35. The molecule has 2 heterocycles. The van der Waals surface area contributed by atoms with Gasteiger partial charge in [0.25, 0.3) is 10.0 Å². The Labute approximate surface area is 123 Å². The van der Waals surface area contributed by atoms with E-state index in [2.05, 4.69) is 21.5 Å². The fraction of sp³-hybridized carbons (Fsp3) is 0.0909. The van der Waals surface area contributed by atoms with E-state index >= 15 is 0 Å². The van der Waals surface area contributed by atoms with Crippen LogP contribution in [0.4, 0.5) is 5.13 Å². The summed E-state index contributed by atoms with van der Waals surface area (Å²) in [5.74, 6) is 5.08. The number of sulfonamides is 1. The van der Waals surface area contributed by atoms with Crippen molar-refractivity contribution in [3.63, 3.8) is 0 Å². The quantitative estimate of drug-likeness (QED) is 0.826. The maximum absolute atomic E-state index is 12.0. The Balaban J connectivity index is 2.20. The highest BCUT2D eigenvalue weighted by Gasteiger charge is 2.18. The molecule has 0 unspecified atom stereocenters. The molecule has 0 aliphatic carbocycles. The van der Waals surface area contributed by atoms with Crippen LogP contribution in [0.1, 0.15) is 9.75 Å². The van der Waals surface area contributed by atoms with E-state index in [4.69, 9.17) is 10.4 Å². The molecule has 0 saturated carbocycles. The van der Waals surface area contributed by atoms with E-state index in [1.165, 1.54) is 18.3 Å². The molecule has 102 valence electrons. The predicted octanol–water partition coefficient (Wildman–Crippen LogP) is 1.22. The van der Waals surface area contributed by atoms with Gasteiger partial charge in [0, 0.05) is 0 Å². The molecule has 0 atom stereocenters. The number of aliphatic hydroxyl groups excluding tert-OH is 1. The molecule has 0 bridgehead atoms. The van der Waals surface area contributed by atoms with Gasteiger partial charge in [-0.25, -0.2) is 13.4 Å². The lowest BCUT2D eigenvalue weighted by atomic mass is 10.5. The van der Waals surface area contributed by atoms with Crippen molar-refractivity contribution in [1.82, 2.24) is 4.98 Å². The maximum Gasteiger partial charge on any atom is 0.273 e. The topological polar surface area (TPSA) is 103 Å². The third-order valence-electron chi connectivity index (χ3n) is 1.97. The van der Waals surface area contributed by atoms with Gasteiger partial charge < -0.3 is 5.11 Å². The lowest BCUT2D eigenvalue weighted by molar-refractivity contribution is 0.350. The van der Waals surface area contributed by atoms with Crippen LogP contribution in [0.15, 0.2) is 22.5 Å². The number of nitrogens with zero attached hydrogens (tertiary/aromatic N) is 2. The smallest absolute Gasteiger partial charge is 0.273 e. The zero-order valence-corrected chi connectivity index (χ0v) is 12.3. The SMILES string of the molecule is N#Cc1ccc(S(=O)(=O)Nc2ncc(C#CCO)s2)s1. The van der Waals surface area contributed by atoms with Crippen LogP contribution in [0.25, 0.3) is 0 Å². The zero-order valence-electron chi connectivity index (χ0n) is 9.82. The van der Waals surface area contributed by atoms with Crippen LogP contribution in [0.3, 0.4) is 0 Å². The summed E-state index contributed by atoms with van der Waals surface area (Å²) in [6, 6.07) is 4.69. The van der Waals surface area contributed by atoms with E-state index in [-0.39, 0.29) is 15.9 Å². The molecule has 2 aromatic rings. The summed E-state index contributed by atoms with van der Waals surface area (Å²) >= 11 is 1.94. The number of anilines is 1. The number of hydrogen-bond donors (Lipinski definition) is 2. The molecule has 0 amide bonds. The third kappa shape index (κ3) is 3.35. The first-order valence-electron chi connectivity index (χ1n) is 5.13. The molecule has 0 radical (unpaired) electrons. The van der Waals surface area contributed by atoms with Crippen molar-refractivity contribution in [3.8, 4) is 17.9 Å². The molecule has 6 nitrogen and oxygen atoms in total. The van der Waals surface area contributed by atoms with Crippen molar-refractivity contribution in [2.75, 3.05) is 11.3 Å². The van der Waals surface area contributed by atoms with Gasteiger partial charge in [-0.2, -0.15) is 5.26 Å². The van der Waals surface area contributed by atoms with Crippen LogP contribution >= 0.6 is 22.7 Å². The minimum Gasteiger partial charge on any atom is -0.384 e. The van der Waals surface area contributed by atoms with E-state index in [9.17, 15) is 8.42 Å². The molecule has 2 N–H and O–H groups in total. The second kappa shape index (κ2) is 6.03. The lowest BCUT2D eigenvalue weighted by Crippen LogP contribution is -2.10. The van der Waals surface area contributed by atoms with Crippen LogP contribution in [-0.4, -0.2) is 25.1 Å². The van der Waals surface area contributed by atoms with E-state index in [0.717, 1.165) is 22.7 Å². The van der Waals surface area contributed by atoms with E-state index in [1.54, 1.807) is 0 Å². The van der Waals surface area contributed by atoms with Crippen molar-refractivity contribution < 1.29 is 13.5 Å². The minimum absolute atomic E-state index is 0.0484. The average Bonchev–Trinajstić information content (AvgIpc) is 3.04. The summed E-state index contributed by atoms with van der Waals surface area (Å²) in [5, 5.41) is 17.4. The van der Waals surface area contributed by atoms with Crippen LogP contribution < -0.4 is 4.72 Å². The minimum atomic E-state index is -3.74. The molecule has 0 fully saturated rings. The van der Waals surface area contributed by atoms with Crippen molar-refractivity contribution in [3.05, 3.63) is 28.1 Å². The van der Waals surface area contributed by atoms with Crippen LogP contribution in [0.5, 0.6) is 0 Å². The predicted molar refractivity (Wildman–Crippen MR) is 75.9 cm³/mol. The normalized spacial score (nSPS) is 10.4. The molecular formula is C11H7N3O3S3. The Morgan fingerprint density at radius 1 is 1.35 bits per heavy atom. The van der Waals surface area contributed by atoms with Gasteiger partial charge in [-0.3, -0.25) is 4.72 Å². The summed E-state index contributed by atoms with van der Waals surface area (Å²) in [6.07, 6.45) is 1.42. The summed E-state index contributed by atoms with van der Waals surface area (Å²) < 4.78 is 26.4. The lowest BCUT2D eigenvalue weighted by Gasteiger charge is -2.00. The highest BCUT2D eigenvalue weighted by atomic mass is 32.2. The number of thiophene rings is 1. The summed E-state index contributed by atoms with van der Waals surface area (Å²) in [4.78, 5) is 4.75. The third-order valence-corrected chi connectivity index (χ3v) is 5.75. The molecule has 0 aliphatic heterocycles. The van der Waals surface area contributed by atoms with Gasteiger partial charge in [-0.05, 0) is 12.1 Å². The van der Waals surface area contributed by atoms with Crippen LogP contribution in [0, 0.1) is 23.2 Å². The summed E-state index contributed by atoms with van der Waals surface area (Å²) in [7, 11) is -3.74. The second-order valence-electron chi connectivity index (χ2n) is 3.33. The highest BCUT2D eigenvalue weighted by molar-refractivity contribution is 7.94. The van der Waals surface area contributed by atoms with Gasteiger partial charge >= 0.3 is 0 Å². The zero-order chi connectivity index (χ0) is 14.6. The van der Waals surface area contributed by atoms with Gasteiger partial charge in [0.15, 0.2) is 5.13 Å². The van der Waals surface area contributed by atoms with Gasteiger partial charge in [0.05, 0.1) is 11.1 Å². The summed E-state index contributed by atoms with van der Waals surface area (Å²) in [6.45, 7) is -0.273. The van der Waals surface area contributed by atoms with Gasteiger partial charge in [-0.15, -0.1) is 11.3 Å². The maximum atomic E-state index is 12.0. The van der Waals surface area contributed by atoms with E-state index in [1.807, 2.05) is 6.07 Å². The molecule has 0 aromatic carbocycles. The molecule has 2 aromatic heterocycles. The Kier molecular flexibility index (Phi) is 4.37. The number of nitrogens with one attached hydrogen (secondary N) is 1. The van der Waals surface area contributed by atoms with Gasteiger partial charge in [0.1, 0.15) is 21.8 Å². The highest BCUT2D eigenvalue weighted by Crippen LogP contribution is 2.25. The molecule has 0 aliphatic rings. The average molecular weight is 325 g/mol. The largest absolute Gasteiger partial charge is 0.384 e. The van der Waals surface area contributed by atoms with Crippen LogP contribution in [-0.2, 0) is 10.0 Å². The number of aliphatic hydroxyl groups is 1. The monoisotopic (exact) mass is 325 g/mol. The number of nitriles is 1. The van der Waals surface area contributed by atoms with Crippen molar-refractivity contribution >= 4 is 37.8 Å². The fourth-order valence-electron chi connectivity index (χ4n) is 1.20. The number of rotatable bonds is 3. The van der Waals surface area contributed by atoms with Gasteiger partial charge in [0.2, 0.25) is 0 Å². The number of thiazole rings is 1. The molecule has 0 saturated heterocycles. The Morgan fingerprint density at radius 3 is 2.80 bits per heavy atom. The van der Waals surface area contributed by atoms with E-state index < -0.39 is 10.0 Å².